The zero-order valence-electron chi connectivity index (χ0n) is 12.8. The van der Waals surface area contributed by atoms with Crippen LogP contribution in [-0.2, 0) is 14.2 Å². The molecule has 0 aromatic rings. The van der Waals surface area contributed by atoms with E-state index >= 15 is 0 Å². The topological polar surface area (TPSA) is 39.7 Å². The van der Waals surface area contributed by atoms with E-state index in [9.17, 15) is 0 Å². The Hall–Kier alpha value is -0.160. The summed E-state index contributed by atoms with van der Waals surface area (Å²) in [6.07, 6.45) is 3.47. The molecule has 4 nitrogen and oxygen atoms in total. The van der Waals surface area contributed by atoms with Crippen LogP contribution in [0.1, 0.15) is 40.0 Å². The van der Waals surface area contributed by atoms with Gasteiger partial charge in [-0.3, -0.25) is 0 Å². The Morgan fingerprint density at radius 1 is 1.26 bits per heavy atom. The highest BCUT2D eigenvalue weighted by molar-refractivity contribution is 5.03. The minimum Gasteiger partial charge on any atom is -0.381 e. The van der Waals surface area contributed by atoms with Gasteiger partial charge in [-0.25, -0.2) is 0 Å². The first-order valence-corrected chi connectivity index (χ1v) is 7.52. The molecule has 0 spiro atoms. The minimum atomic E-state index is -0.0367. The zero-order chi connectivity index (χ0) is 13.9. The average molecular weight is 271 g/mol. The summed E-state index contributed by atoms with van der Waals surface area (Å²) in [4.78, 5) is 0. The van der Waals surface area contributed by atoms with E-state index < -0.39 is 0 Å². The smallest absolute Gasteiger partial charge is 0.0846 e. The van der Waals surface area contributed by atoms with Crippen molar-refractivity contribution in [3.05, 3.63) is 0 Å². The lowest BCUT2D eigenvalue weighted by molar-refractivity contribution is -0.128. The quantitative estimate of drug-likeness (QED) is 0.802. The van der Waals surface area contributed by atoms with E-state index in [1.54, 1.807) is 0 Å². The maximum Gasteiger partial charge on any atom is 0.0846 e. The monoisotopic (exact) mass is 271 g/mol. The molecule has 2 rings (SSSR count). The van der Waals surface area contributed by atoms with Crippen LogP contribution in [0.15, 0.2) is 0 Å². The zero-order valence-corrected chi connectivity index (χ0v) is 12.8. The van der Waals surface area contributed by atoms with Gasteiger partial charge in [0.05, 0.1) is 11.7 Å². The fourth-order valence-corrected chi connectivity index (χ4v) is 3.22. The molecule has 0 amide bonds. The lowest BCUT2D eigenvalue weighted by Gasteiger charge is -2.53. The fourth-order valence-electron chi connectivity index (χ4n) is 3.22. The van der Waals surface area contributed by atoms with Crippen molar-refractivity contribution >= 4 is 0 Å². The van der Waals surface area contributed by atoms with Gasteiger partial charge < -0.3 is 19.5 Å². The number of hydrogen-bond acceptors (Lipinski definition) is 4. The van der Waals surface area contributed by atoms with Gasteiger partial charge in [0.25, 0.3) is 0 Å². The molecule has 1 saturated heterocycles. The molecule has 2 aliphatic rings. The first kappa shape index (κ1) is 15.2. The Balaban J connectivity index is 1.82. The lowest BCUT2D eigenvalue weighted by Crippen LogP contribution is -2.63. The van der Waals surface area contributed by atoms with Crippen LogP contribution < -0.4 is 5.32 Å². The number of nitrogens with one attached hydrogen (secondary N) is 1. The molecule has 0 aromatic heterocycles. The van der Waals surface area contributed by atoms with Crippen LogP contribution in [0.3, 0.4) is 0 Å². The molecule has 19 heavy (non-hydrogen) atoms. The highest BCUT2D eigenvalue weighted by atomic mass is 16.5. The summed E-state index contributed by atoms with van der Waals surface area (Å²) in [5.41, 5.74) is 0.182. The molecule has 0 radical (unpaired) electrons. The van der Waals surface area contributed by atoms with Crippen molar-refractivity contribution in [3.63, 3.8) is 0 Å². The van der Waals surface area contributed by atoms with Crippen molar-refractivity contribution in [2.45, 2.75) is 57.8 Å². The van der Waals surface area contributed by atoms with Gasteiger partial charge in [0, 0.05) is 57.8 Å². The maximum atomic E-state index is 5.78. The predicted octanol–water partition coefficient (Wildman–Crippen LogP) is 1.98. The molecule has 1 saturated carbocycles. The van der Waals surface area contributed by atoms with Gasteiger partial charge in [0.15, 0.2) is 0 Å². The second kappa shape index (κ2) is 6.08. The molecular formula is C15H29NO3. The normalized spacial score (nSPS) is 32.8. The third-order valence-corrected chi connectivity index (χ3v) is 5.05. The Bertz CT molecular complexity index is 287. The van der Waals surface area contributed by atoms with Crippen LogP contribution in [0.25, 0.3) is 0 Å². The van der Waals surface area contributed by atoms with E-state index in [0.29, 0.717) is 12.1 Å². The highest BCUT2D eigenvalue weighted by Crippen LogP contribution is 2.43. The Morgan fingerprint density at radius 2 is 1.95 bits per heavy atom. The van der Waals surface area contributed by atoms with Crippen LogP contribution in [-0.4, -0.2) is 51.2 Å². The summed E-state index contributed by atoms with van der Waals surface area (Å²) in [6.45, 7) is 9.99. The van der Waals surface area contributed by atoms with Crippen molar-refractivity contribution in [3.8, 4) is 0 Å². The standard InChI is InChI=1S/C15H29NO3/c1-5-19-13-10-12(14(13,2)3)16-11-15(17-4)6-8-18-9-7-15/h12-13,16H,5-11H2,1-4H3/t12-,13+/m0/s1. The Kier molecular flexibility index (Phi) is 4.88. The number of ether oxygens (including phenoxy) is 3. The van der Waals surface area contributed by atoms with Crippen LogP contribution in [0.2, 0.25) is 0 Å². The third kappa shape index (κ3) is 3.13. The molecule has 112 valence electrons. The number of rotatable bonds is 6. The second-order valence-electron chi connectivity index (χ2n) is 6.43. The van der Waals surface area contributed by atoms with Gasteiger partial charge in [-0.1, -0.05) is 13.8 Å². The summed E-state index contributed by atoms with van der Waals surface area (Å²) in [5.74, 6) is 0. The Labute approximate surface area is 117 Å². The summed E-state index contributed by atoms with van der Waals surface area (Å²) < 4.78 is 17.0. The molecule has 1 aliphatic heterocycles. The van der Waals surface area contributed by atoms with Crippen LogP contribution >= 0.6 is 0 Å². The SMILES string of the molecule is CCO[C@@H]1C[C@H](NCC2(OC)CCOCC2)C1(C)C. The summed E-state index contributed by atoms with van der Waals surface area (Å²) >= 11 is 0. The molecule has 4 heteroatoms. The highest BCUT2D eigenvalue weighted by Gasteiger charge is 2.49. The predicted molar refractivity (Wildman–Crippen MR) is 75.4 cm³/mol. The largest absolute Gasteiger partial charge is 0.381 e. The second-order valence-corrected chi connectivity index (χ2v) is 6.43. The third-order valence-electron chi connectivity index (χ3n) is 5.05. The van der Waals surface area contributed by atoms with E-state index in [4.69, 9.17) is 14.2 Å². The van der Waals surface area contributed by atoms with E-state index in [2.05, 4.69) is 26.1 Å². The number of methoxy groups -OCH3 is 1. The van der Waals surface area contributed by atoms with Gasteiger partial charge in [0.2, 0.25) is 0 Å². The van der Waals surface area contributed by atoms with E-state index in [1.165, 1.54) is 0 Å². The van der Waals surface area contributed by atoms with Crippen LogP contribution in [0.4, 0.5) is 0 Å². The molecular weight excluding hydrogens is 242 g/mol. The molecule has 1 aliphatic carbocycles. The first-order valence-electron chi connectivity index (χ1n) is 7.52. The molecule has 2 atom stereocenters. The van der Waals surface area contributed by atoms with Crippen molar-refractivity contribution in [2.24, 2.45) is 5.41 Å². The minimum absolute atomic E-state index is 0.0367. The van der Waals surface area contributed by atoms with Crippen LogP contribution in [0.5, 0.6) is 0 Å². The molecule has 0 bridgehead atoms. The van der Waals surface area contributed by atoms with Crippen molar-refractivity contribution in [1.29, 1.82) is 0 Å². The van der Waals surface area contributed by atoms with Gasteiger partial charge >= 0.3 is 0 Å². The first-order chi connectivity index (χ1) is 9.04. The van der Waals surface area contributed by atoms with Crippen molar-refractivity contribution in [2.75, 3.05) is 33.5 Å². The van der Waals surface area contributed by atoms with Gasteiger partial charge in [-0.05, 0) is 13.3 Å². The van der Waals surface area contributed by atoms with Gasteiger partial charge in [-0.2, -0.15) is 0 Å². The molecule has 1 N–H and O–H groups in total. The molecule has 2 fully saturated rings. The van der Waals surface area contributed by atoms with Crippen molar-refractivity contribution < 1.29 is 14.2 Å². The summed E-state index contributed by atoms with van der Waals surface area (Å²) in [5, 5.41) is 3.70. The molecule has 0 unspecified atom stereocenters. The number of hydrogen-bond donors (Lipinski definition) is 1. The Morgan fingerprint density at radius 3 is 2.47 bits per heavy atom. The maximum absolute atomic E-state index is 5.78. The molecule has 1 heterocycles. The van der Waals surface area contributed by atoms with Crippen LogP contribution in [0, 0.1) is 5.41 Å². The van der Waals surface area contributed by atoms with E-state index in [-0.39, 0.29) is 11.0 Å². The summed E-state index contributed by atoms with van der Waals surface area (Å²) in [7, 11) is 1.82. The fraction of sp³-hybridized carbons (Fsp3) is 1.00. The summed E-state index contributed by atoms with van der Waals surface area (Å²) in [6, 6.07) is 0.527. The van der Waals surface area contributed by atoms with E-state index in [0.717, 1.165) is 45.6 Å². The van der Waals surface area contributed by atoms with Crippen molar-refractivity contribution in [1.82, 2.24) is 5.32 Å². The van der Waals surface area contributed by atoms with Gasteiger partial charge in [0.1, 0.15) is 0 Å². The van der Waals surface area contributed by atoms with Gasteiger partial charge in [-0.15, -0.1) is 0 Å². The average Bonchev–Trinajstić information content (AvgIpc) is 2.43. The molecule has 0 aromatic carbocycles. The van der Waals surface area contributed by atoms with E-state index in [1.807, 2.05) is 7.11 Å². The lowest BCUT2D eigenvalue weighted by atomic mass is 9.64.